The minimum absolute atomic E-state index is 0.0445. The maximum atomic E-state index is 12.9. The second-order valence-corrected chi connectivity index (χ2v) is 8.75. The van der Waals surface area contributed by atoms with Crippen LogP contribution in [0.15, 0.2) is 41.8 Å². The summed E-state index contributed by atoms with van der Waals surface area (Å²) in [5.41, 5.74) is 0.807. The van der Waals surface area contributed by atoms with Crippen LogP contribution in [0.4, 0.5) is 5.69 Å². The summed E-state index contributed by atoms with van der Waals surface area (Å²) < 4.78 is 4.96. The number of thiophene rings is 1. The summed E-state index contributed by atoms with van der Waals surface area (Å²) in [4.78, 5) is 53.5. The lowest BCUT2D eigenvalue weighted by atomic mass is 10.0. The fourth-order valence-corrected chi connectivity index (χ4v) is 4.78. The molecule has 3 heterocycles. The average Bonchev–Trinajstić information content (AvgIpc) is 3.43. The van der Waals surface area contributed by atoms with Gasteiger partial charge in [0.2, 0.25) is 5.91 Å². The first-order valence-electron chi connectivity index (χ1n) is 10.7. The summed E-state index contributed by atoms with van der Waals surface area (Å²) in [6, 6.07) is 9.44. The summed E-state index contributed by atoms with van der Waals surface area (Å²) in [5, 5.41) is 5.21. The third-order valence-corrected chi connectivity index (χ3v) is 6.59. The number of nitrogens with one attached hydrogen (secondary N) is 1. The zero-order chi connectivity index (χ0) is 22.7. The number of benzene rings is 1. The summed E-state index contributed by atoms with van der Waals surface area (Å²) in [6.07, 6.45) is 1.54. The number of amides is 3. The molecule has 3 amide bonds. The highest BCUT2D eigenvalue weighted by molar-refractivity contribution is 7.12. The molecule has 2 aromatic rings. The first-order valence-corrected chi connectivity index (χ1v) is 11.6. The number of likely N-dealkylation sites (tertiary alicyclic amines) is 1. The number of rotatable bonds is 6. The Morgan fingerprint density at radius 1 is 1.12 bits per heavy atom. The van der Waals surface area contributed by atoms with Gasteiger partial charge < -0.3 is 15.0 Å². The molecule has 0 bridgehead atoms. The summed E-state index contributed by atoms with van der Waals surface area (Å²) >= 11 is 1.43. The molecule has 32 heavy (non-hydrogen) atoms. The van der Waals surface area contributed by atoms with Crippen molar-refractivity contribution < 1.29 is 23.9 Å². The Bertz CT molecular complexity index is 997. The number of carbonyl (C=O) groups is 4. The fourth-order valence-electron chi connectivity index (χ4n) is 4.08. The molecule has 1 unspecified atom stereocenters. The van der Waals surface area contributed by atoms with E-state index in [-0.39, 0.29) is 36.8 Å². The molecular formula is C23H25N3O5S. The molecule has 2 aliphatic rings. The minimum atomic E-state index is -0.586. The maximum absolute atomic E-state index is 12.9. The fraction of sp³-hybridized carbons (Fsp3) is 0.391. The van der Waals surface area contributed by atoms with Crippen LogP contribution in [0.3, 0.4) is 0 Å². The van der Waals surface area contributed by atoms with Crippen LogP contribution in [0.5, 0.6) is 0 Å². The van der Waals surface area contributed by atoms with Crippen molar-refractivity contribution in [2.75, 3.05) is 24.6 Å². The van der Waals surface area contributed by atoms with E-state index < -0.39 is 12.0 Å². The van der Waals surface area contributed by atoms with E-state index >= 15 is 0 Å². The van der Waals surface area contributed by atoms with Gasteiger partial charge in [-0.2, -0.15) is 0 Å². The highest BCUT2D eigenvalue weighted by Crippen LogP contribution is 2.25. The molecule has 1 atom stereocenters. The van der Waals surface area contributed by atoms with E-state index in [1.807, 2.05) is 22.4 Å². The number of nitrogens with zero attached hydrogens (tertiary/aromatic N) is 2. The zero-order valence-electron chi connectivity index (χ0n) is 17.8. The van der Waals surface area contributed by atoms with Gasteiger partial charge >= 0.3 is 5.97 Å². The molecule has 0 aliphatic carbocycles. The summed E-state index contributed by atoms with van der Waals surface area (Å²) in [6.45, 7) is 3.23. The van der Waals surface area contributed by atoms with Gasteiger partial charge in [0.1, 0.15) is 0 Å². The Balaban J connectivity index is 1.33. The van der Waals surface area contributed by atoms with Crippen LogP contribution >= 0.6 is 11.3 Å². The van der Waals surface area contributed by atoms with E-state index in [1.165, 1.54) is 16.2 Å². The van der Waals surface area contributed by atoms with Gasteiger partial charge in [-0.3, -0.25) is 14.4 Å². The van der Waals surface area contributed by atoms with Crippen LogP contribution in [0, 0.1) is 0 Å². The second kappa shape index (κ2) is 9.62. The zero-order valence-corrected chi connectivity index (χ0v) is 18.6. The number of carbonyl (C=O) groups excluding carboxylic acids is 4. The highest BCUT2D eigenvalue weighted by atomic mass is 32.1. The lowest BCUT2D eigenvalue weighted by molar-refractivity contribution is -0.121. The van der Waals surface area contributed by atoms with Gasteiger partial charge in [0.05, 0.1) is 35.2 Å². The summed E-state index contributed by atoms with van der Waals surface area (Å²) in [5.74, 6) is -0.970. The Morgan fingerprint density at radius 2 is 1.84 bits per heavy atom. The predicted octanol–water partition coefficient (Wildman–Crippen LogP) is 2.45. The topological polar surface area (TPSA) is 96.0 Å². The Labute approximate surface area is 190 Å². The molecule has 1 N–H and O–H groups in total. The van der Waals surface area contributed by atoms with Crippen molar-refractivity contribution in [3.8, 4) is 0 Å². The maximum Gasteiger partial charge on any atom is 0.338 e. The largest absolute Gasteiger partial charge is 0.462 e. The number of ether oxygens (including phenoxy) is 1. The average molecular weight is 456 g/mol. The smallest absolute Gasteiger partial charge is 0.338 e. The second-order valence-electron chi connectivity index (χ2n) is 7.80. The number of piperidine rings is 1. The van der Waals surface area contributed by atoms with Crippen LogP contribution in [0.25, 0.3) is 0 Å². The SMILES string of the molecule is CCOC(=O)c1ccc(N2C(=O)CC(NC3CCN(C(=O)c4cccs4)CC3)C2=O)cc1. The molecular weight excluding hydrogens is 430 g/mol. The van der Waals surface area contributed by atoms with E-state index in [0.717, 1.165) is 17.7 Å². The van der Waals surface area contributed by atoms with Crippen LogP contribution in [-0.4, -0.2) is 60.4 Å². The molecule has 9 heteroatoms. The predicted molar refractivity (Wildman–Crippen MR) is 120 cm³/mol. The highest BCUT2D eigenvalue weighted by Gasteiger charge is 2.41. The molecule has 2 fully saturated rings. The third-order valence-electron chi connectivity index (χ3n) is 5.73. The van der Waals surface area contributed by atoms with Crippen LogP contribution in [-0.2, 0) is 14.3 Å². The quantitative estimate of drug-likeness (QED) is 0.531. The van der Waals surface area contributed by atoms with Crippen LogP contribution in [0.2, 0.25) is 0 Å². The normalized spacial score (nSPS) is 19.5. The van der Waals surface area contributed by atoms with Crippen molar-refractivity contribution in [1.29, 1.82) is 0 Å². The van der Waals surface area contributed by atoms with Crippen LogP contribution in [0.1, 0.15) is 46.2 Å². The van der Waals surface area contributed by atoms with Gasteiger partial charge in [0.25, 0.3) is 11.8 Å². The number of hydrogen-bond donors (Lipinski definition) is 1. The lowest BCUT2D eigenvalue weighted by Crippen LogP contribution is -2.49. The van der Waals surface area contributed by atoms with Crippen molar-refractivity contribution in [2.24, 2.45) is 0 Å². The molecule has 2 saturated heterocycles. The molecule has 0 radical (unpaired) electrons. The monoisotopic (exact) mass is 455 g/mol. The van der Waals surface area contributed by atoms with Gasteiger partial charge in [-0.15, -0.1) is 11.3 Å². The van der Waals surface area contributed by atoms with E-state index in [1.54, 1.807) is 31.2 Å². The van der Waals surface area contributed by atoms with Crippen molar-refractivity contribution >= 4 is 40.7 Å². The number of imide groups is 1. The van der Waals surface area contributed by atoms with Crippen molar-refractivity contribution in [3.05, 3.63) is 52.2 Å². The molecule has 8 nitrogen and oxygen atoms in total. The number of hydrogen-bond acceptors (Lipinski definition) is 7. The molecule has 168 valence electrons. The van der Waals surface area contributed by atoms with Gasteiger partial charge in [0.15, 0.2) is 0 Å². The third kappa shape index (κ3) is 4.58. The van der Waals surface area contributed by atoms with Crippen molar-refractivity contribution in [3.63, 3.8) is 0 Å². The molecule has 1 aromatic carbocycles. The first kappa shape index (κ1) is 22.2. The van der Waals surface area contributed by atoms with Crippen LogP contribution < -0.4 is 10.2 Å². The Kier molecular flexibility index (Phi) is 6.66. The first-order chi connectivity index (χ1) is 15.5. The molecule has 4 rings (SSSR count). The number of anilines is 1. The standard InChI is InChI=1S/C23H25N3O5S/c1-2-31-23(30)15-5-7-17(8-6-15)26-20(27)14-18(21(26)28)24-16-9-11-25(12-10-16)22(29)19-4-3-13-32-19/h3-8,13,16,18,24H,2,9-12,14H2,1H3. The van der Waals surface area contributed by atoms with Crippen molar-refractivity contribution in [1.82, 2.24) is 10.2 Å². The van der Waals surface area contributed by atoms with Crippen molar-refractivity contribution in [2.45, 2.75) is 38.3 Å². The summed E-state index contributed by atoms with van der Waals surface area (Å²) in [7, 11) is 0. The van der Waals surface area contributed by atoms with Gasteiger partial charge in [-0.1, -0.05) is 6.07 Å². The van der Waals surface area contributed by atoms with Gasteiger partial charge in [-0.25, -0.2) is 9.69 Å². The van der Waals surface area contributed by atoms with E-state index in [9.17, 15) is 19.2 Å². The molecule has 2 aliphatic heterocycles. The molecule has 1 aromatic heterocycles. The Hall–Kier alpha value is -3.04. The van der Waals surface area contributed by atoms with E-state index in [0.29, 0.717) is 24.3 Å². The van der Waals surface area contributed by atoms with E-state index in [2.05, 4.69) is 5.32 Å². The minimum Gasteiger partial charge on any atom is -0.462 e. The Morgan fingerprint density at radius 3 is 2.47 bits per heavy atom. The number of esters is 1. The lowest BCUT2D eigenvalue weighted by Gasteiger charge is -2.33. The van der Waals surface area contributed by atoms with Gasteiger partial charge in [0, 0.05) is 19.1 Å². The molecule has 0 saturated carbocycles. The van der Waals surface area contributed by atoms with Gasteiger partial charge in [-0.05, 0) is 55.5 Å². The van der Waals surface area contributed by atoms with E-state index in [4.69, 9.17) is 4.74 Å². The molecule has 0 spiro atoms.